The molecule has 98 valence electrons. The highest BCUT2D eigenvalue weighted by atomic mass is 32.2. The number of nitrogens with one attached hydrogen (secondary N) is 1. The van der Waals surface area contributed by atoms with E-state index in [1.807, 2.05) is 20.8 Å². The molecule has 1 unspecified atom stereocenters. The molecule has 0 saturated carbocycles. The van der Waals surface area contributed by atoms with Gasteiger partial charge in [-0.05, 0) is 26.3 Å². The van der Waals surface area contributed by atoms with E-state index < -0.39 is 10.0 Å². The average Bonchev–Trinajstić information content (AvgIpc) is 2.24. The van der Waals surface area contributed by atoms with Crippen molar-refractivity contribution in [1.29, 1.82) is 0 Å². The van der Waals surface area contributed by atoms with Gasteiger partial charge in [-0.15, -0.1) is 0 Å². The van der Waals surface area contributed by atoms with Crippen molar-refractivity contribution in [2.75, 3.05) is 25.4 Å². The quantitative estimate of drug-likeness (QED) is 0.630. The molecule has 1 atom stereocenters. The van der Waals surface area contributed by atoms with Gasteiger partial charge in [-0.1, -0.05) is 20.8 Å². The maximum absolute atomic E-state index is 12.0. The average molecular weight is 250 g/mol. The zero-order valence-corrected chi connectivity index (χ0v) is 11.8. The number of hydrogen-bond acceptors (Lipinski definition) is 3. The summed E-state index contributed by atoms with van der Waals surface area (Å²) >= 11 is 0. The minimum atomic E-state index is -3.09. The van der Waals surface area contributed by atoms with Gasteiger partial charge in [0, 0.05) is 19.1 Å². The first kappa shape index (κ1) is 15.9. The maximum Gasteiger partial charge on any atom is 0.215 e. The van der Waals surface area contributed by atoms with E-state index in [9.17, 15) is 8.42 Å². The van der Waals surface area contributed by atoms with Crippen molar-refractivity contribution in [2.45, 2.75) is 46.6 Å². The molecule has 0 bridgehead atoms. The van der Waals surface area contributed by atoms with Gasteiger partial charge in [0.05, 0.1) is 5.75 Å². The van der Waals surface area contributed by atoms with Crippen molar-refractivity contribution >= 4 is 10.0 Å². The molecule has 1 N–H and O–H groups in total. The Labute approximate surface area is 100 Å². The van der Waals surface area contributed by atoms with Gasteiger partial charge in [0.15, 0.2) is 0 Å². The normalized spacial score (nSPS) is 14.3. The summed E-state index contributed by atoms with van der Waals surface area (Å²) < 4.78 is 25.6. The molecule has 0 aliphatic heterocycles. The van der Waals surface area contributed by atoms with E-state index in [2.05, 4.69) is 12.2 Å². The predicted octanol–water partition coefficient (Wildman–Crippen LogP) is 1.44. The molecule has 0 saturated heterocycles. The second kappa shape index (κ2) is 8.03. The second-order valence-electron chi connectivity index (χ2n) is 4.03. The second-order valence-corrected chi connectivity index (χ2v) is 6.07. The summed E-state index contributed by atoms with van der Waals surface area (Å²) in [6.45, 7) is 9.92. The van der Waals surface area contributed by atoms with Crippen LogP contribution in [-0.2, 0) is 10.0 Å². The topological polar surface area (TPSA) is 49.4 Å². The van der Waals surface area contributed by atoms with Gasteiger partial charge >= 0.3 is 0 Å². The van der Waals surface area contributed by atoms with Gasteiger partial charge in [0.25, 0.3) is 0 Å². The van der Waals surface area contributed by atoms with Crippen molar-refractivity contribution in [2.24, 2.45) is 0 Å². The minimum absolute atomic E-state index is 0.0983. The molecule has 0 aliphatic carbocycles. The molecule has 0 heterocycles. The molecule has 16 heavy (non-hydrogen) atoms. The lowest BCUT2D eigenvalue weighted by Gasteiger charge is -2.26. The van der Waals surface area contributed by atoms with E-state index in [1.165, 1.54) is 0 Å². The van der Waals surface area contributed by atoms with Crippen molar-refractivity contribution in [3.8, 4) is 0 Å². The Balaban J connectivity index is 4.27. The fourth-order valence-electron chi connectivity index (χ4n) is 1.61. The first-order chi connectivity index (χ1) is 7.49. The van der Waals surface area contributed by atoms with Gasteiger partial charge in [-0.25, -0.2) is 8.42 Å². The highest BCUT2D eigenvalue weighted by Crippen LogP contribution is 2.09. The zero-order valence-electron chi connectivity index (χ0n) is 11.0. The Morgan fingerprint density at radius 1 is 1.19 bits per heavy atom. The summed E-state index contributed by atoms with van der Waals surface area (Å²) in [7, 11) is -3.09. The molecule has 0 radical (unpaired) electrons. The molecule has 4 nitrogen and oxygen atoms in total. The largest absolute Gasteiger partial charge is 0.316 e. The van der Waals surface area contributed by atoms with Gasteiger partial charge in [0.1, 0.15) is 0 Å². The first-order valence-corrected chi connectivity index (χ1v) is 7.80. The fraction of sp³-hybridized carbons (Fsp3) is 1.00. The van der Waals surface area contributed by atoms with Gasteiger partial charge in [-0.2, -0.15) is 4.31 Å². The summed E-state index contributed by atoms with van der Waals surface area (Å²) in [6, 6.07) is 0.0983. The van der Waals surface area contributed by atoms with Crippen LogP contribution in [0.2, 0.25) is 0 Å². The number of nitrogens with zero attached hydrogens (tertiary/aromatic N) is 1. The number of sulfonamides is 1. The predicted molar refractivity (Wildman–Crippen MR) is 69.1 cm³/mol. The van der Waals surface area contributed by atoms with Crippen LogP contribution in [0.15, 0.2) is 0 Å². The van der Waals surface area contributed by atoms with E-state index in [0.717, 1.165) is 19.4 Å². The van der Waals surface area contributed by atoms with Crippen LogP contribution in [0.4, 0.5) is 0 Å². The molecule has 0 aromatic heterocycles. The van der Waals surface area contributed by atoms with Gasteiger partial charge in [0.2, 0.25) is 10.0 Å². The van der Waals surface area contributed by atoms with Gasteiger partial charge < -0.3 is 5.32 Å². The summed E-state index contributed by atoms with van der Waals surface area (Å²) in [5.41, 5.74) is 0. The zero-order chi connectivity index (χ0) is 12.6. The maximum atomic E-state index is 12.0. The van der Waals surface area contributed by atoms with Crippen LogP contribution < -0.4 is 5.32 Å². The lowest BCUT2D eigenvalue weighted by atomic mass is 10.3. The van der Waals surface area contributed by atoms with Crippen LogP contribution in [0.1, 0.15) is 40.5 Å². The van der Waals surface area contributed by atoms with E-state index in [-0.39, 0.29) is 11.8 Å². The molecule has 0 amide bonds. The Morgan fingerprint density at radius 2 is 1.81 bits per heavy atom. The van der Waals surface area contributed by atoms with Crippen LogP contribution >= 0.6 is 0 Å². The smallest absolute Gasteiger partial charge is 0.215 e. The van der Waals surface area contributed by atoms with Crippen LogP contribution in [0.5, 0.6) is 0 Å². The standard InChI is InChI=1S/C11H26N2O2S/c1-5-8-12-9-10-16(14,15)13(7-3)11(4)6-2/h11-12H,5-10H2,1-4H3. The van der Waals surface area contributed by atoms with Crippen molar-refractivity contribution in [3.63, 3.8) is 0 Å². The van der Waals surface area contributed by atoms with Crippen molar-refractivity contribution < 1.29 is 8.42 Å². The van der Waals surface area contributed by atoms with Crippen molar-refractivity contribution in [3.05, 3.63) is 0 Å². The third-order valence-corrected chi connectivity index (χ3v) is 4.77. The molecule has 0 rings (SSSR count). The minimum Gasteiger partial charge on any atom is -0.316 e. The van der Waals surface area contributed by atoms with Crippen LogP contribution in [0.3, 0.4) is 0 Å². The summed E-state index contributed by atoms with van der Waals surface area (Å²) in [6.07, 6.45) is 1.89. The van der Waals surface area contributed by atoms with E-state index >= 15 is 0 Å². The SMILES string of the molecule is CCCNCCS(=O)(=O)N(CC)C(C)CC. The molecular weight excluding hydrogens is 224 g/mol. The third kappa shape index (κ3) is 5.27. The van der Waals surface area contributed by atoms with Crippen LogP contribution in [0, 0.1) is 0 Å². The molecule has 0 aromatic carbocycles. The summed E-state index contributed by atoms with van der Waals surface area (Å²) in [5, 5.41) is 3.12. The molecule has 5 heteroatoms. The van der Waals surface area contributed by atoms with Crippen LogP contribution in [-0.4, -0.2) is 44.2 Å². The number of hydrogen-bond donors (Lipinski definition) is 1. The van der Waals surface area contributed by atoms with E-state index in [4.69, 9.17) is 0 Å². The van der Waals surface area contributed by atoms with E-state index in [1.54, 1.807) is 4.31 Å². The lowest BCUT2D eigenvalue weighted by Crippen LogP contribution is -2.41. The highest BCUT2D eigenvalue weighted by Gasteiger charge is 2.23. The fourth-order valence-corrected chi connectivity index (χ4v) is 3.33. The monoisotopic (exact) mass is 250 g/mol. The molecule has 0 fully saturated rings. The van der Waals surface area contributed by atoms with Gasteiger partial charge in [-0.3, -0.25) is 0 Å². The van der Waals surface area contributed by atoms with Crippen molar-refractivity contribution in [1.82, 2.24) is 9.62 Å². The molecule has 0 spiro atoms. The Morgan fingerprint density at radius 3 is 2.25 bits per heavy atom. The Kier molecular flexibility index (Phi) is 7.97. The third-order valence-electron chi connectivity index (χ3n) is 2.71. The lowest BCUT2D eigenvalue weighted by molar-refractivity contribution is 0.342. The summed E-state index contributed by atoms with van der Waals surface area (Å²) in [5.74, 6) is 0.200. The van der Waals surface area contributed by atoms with E-state index in [0.29, 0.717) is 13.1 Å². The first-order valence-electron chi connectivity index (χ1n) is 6.19. The number of rotatable bonds is 9. The Hall–Kier alpha value is -0.130. The Bertz CT molecular complexity index is 265. The molecule has 0 aromatic rings. The summed E-state index contributed by atoms with van der Waals surface area (Å²) in [4.78, 5) is 0. The highest BCUT2D eigenvalue weighted by molar-refractivity contribution is 7.89. The molecule has 0 aliphatic rings. The van der Waals surface area contributed by atoms with Crippen LogP contribution in [0.25, 0.3) is 0 Å². The molecular formula is C11H26N2O2S.